The molecule has 2 aromatic heterocycles. The van der Waals surface area contributed by atoms with Crippen molar-refractivity contribution < 1.29 is 9.32 Å². The fourth-order valence-electron chi connectivity index (χ4n) is 2.98. The van der Waals surface area contributed by atoms with Crippen molar-refractivity contribution in [2.24, 2.45) is 5.92 Å². The number of likely N-dealkylation sites (tertiary alicyclic amines) is 1. The van der Waals surface area contributed by atoms with E-state index in [0.29, 0.717) is 24.3 Å². The second-order valence-electron chi connectivity index (χ2n) is 6.35. The number of amides is 1. The van der Waals surface area contributed by atoms with Crippen molar-refractivity contribution in [3.05, 3.63) is 23.4 Å². The summed E-state index contributed by atoms with van der Waals surface area (Å²) in [6.07, 6.45) is 4.28. The maximum atomic E-state index is 12.2. The molecule has 0 aromatic carbocycles. The third-order valence-corrected chi connectivity index (χ3v) is 5.23. The molecule has 1 atom stereocenters. The van der Waals surface area contributed by atoms with E-state index in [1.165, 1.54) is 0 Å². The normalized spacial score (nSPS) is 22.2. The molecule has 6 nitrogen and oxygen atoms in total. The number of thiophene rings is 1. The van der Waals surface area contributed by atoms with E-state index in [0.717, 1.165) is 43.6 Å². The number of carbonyl (C=O) groups excluding carboxylic acids is 1. The van der Waals surface area contributed by atoms with Crippen LogP contribution in [0.25, 0.3) is 10.7 Å². The zero-order valence-electron chi connectivity index (χ0n) is 12.9. The van der Waals surface area contributed by atoms with Crippen molar-refractivity contribution >= 4 is 17.2 Å². The number of aromatic nitrogens is 2. The molecule has 0 spiro atoms. The van der Waals surface area contributed by atoms with Crippen molar-refractivity contribution in [1.29, 1.82) is 0 Å². The monoisotopic (exact) mass is 332 g/mol. The Morgan fingerprint density at radius 1 is 1.43 bits per heavy atom. The van der Waals surface area contributed by atoms with Gasteiger partial charge >= 0.3 is 0 Å². The van der Waals surface area contributed by atoms with Crippen molar-refractivity contribution in [1.82, 2.24) is 20.4 Å². The van der Waals surface area contributed by atoms with E-state index in [1.54, 1.807) is 11.3 Å². The van der Waals surface area contributed by atoms with E-state index in [1.807, 2.05) is 17.5 Å². The zero-order valence-corrected chi connectivity index (χ0v) is 13.7. The van der Waals surface area contributed by atoms with Crippen LogP contribution in [0.3, 0.4) is 0 Å². The summed E-state index contributed by atoms with van der Waals surface area (Å²) in [6, 6.07) is 4.39. The molecule has 1 aliphatic carbocycles. The molecule has 4 rings (SSSR count). The SMILES string of the molecule is O=C(NC1CC1)C1CCCN(Cc2nc(-c3cccs3)no2)C1. The topological polar surface area (TPSA) is 71.3 Å². The van der Waals surface area contributed by atoms with Crippen LogP contribution < -0.4 is 5.32 Å². The highest BCUT2D eigenvalue weighted by Gasteiger charge is 2.30. The fraction of sp³-hybridized carbons (Fsp3) is 0.562. The highest BCUT2D eigenvalue weighted by atomic mass is 32.1. The standard InChI is InChI=1S/C16H20N4O2S/c21-16(17-12-5-6-12)11-3-1-7-20(9-11)10-14-18-15(19-22-14)13-4-2-8-23-13/h2,4,8,11-12H,1,3,5-7,9-10H2,(H,17,21). The summed E-state index contributed by atoms with van der Waals surface area (Å²) in [7, 11) is 0. The smallest absolute Gasteiger partial charge is 0.241 e. The van der Waals surface area contributed by atoms with Gasteiger partial charge < -0.3 is 9.84 Å². The van der Waals surface area contributed by atoms with Crippen LogP contribution in [0.2, 0.25) is 0 Å². The molecule has 2 aliphatic rings. The lowest BCUT2D eigenvalue weighted by atomic mass is 9.97. The Hall–Kier alpha value is -1.73. The first-order valence-corrected chi connectivity index (χ1v) is 9.05. The van der Waals surface area contributed by atoms with Gasteiger partial charge in [0, 0.05) is 12.6 Å². The minimum Gasteiger partial charge on any atom is -0.353 e. The van der Waals surface area contributed by atoms with E-state index in [-0.39, 0.29) is 11.8 Å². The van der Waals surface area contributed by atoms with Gasteiger partial charge in [0.05, 0.1) is 17.3 Å². The summed E-state index contributed by atoms with van der Waals surface area (Å²) in [4.78, 5) is 19.9. The summed E-state index contributed by atoms with van der Waals surface area (Å²) in [6.45, 7) is 2.37. The Bertz CT molecular complexity index is 665. The molecule has 1 amide bonds. The molecule has 1 unspecified atom stereocenters. The molecule has 7 heteroatoms. The predicted octanol–water partition coefficient (Wildman–Crippen LogP) is 2.29. The van der Waals surface area contributed by atoms with Gasteiger partial charge in [-0.3, -0.25) is 9.69 Å². The first-order chi connectivity index (χ1) is 11.3. The maximum absolute atomic E-state index is 12.2. The van der Waals surface area contributed by atoms with Crippen molar-refractivity contribution in [3.63, 3.8) is 0 Å². The summed E-state index contributed by atoms with van der Waals surface area (Å²) in [5.74, 6) is 1.57. The number of piperidine rings is 1. The third-order valence-electron chi connectivity index (χ3n) is 4.37. The van der Waals surface area contributed by atoms with Gasteiger partial charge in [0.2, 0.25) is 17.6 Å². The molecule has 0 bridgehead atoms. The molecule has 1 N–H and O–H groups in total. The molecular weight excluding hydrogens is 312 g/mol. The van der Waals surface area contributed by atoms with Gasteiger partial charge in [-0.2, -0.15) is 4.98 Å². The van der Waals surface area contributed by atoms with Crippen LogP contribution in [-0.4, -0.2) is 40.1 Å². The average molecular weight is 332 g/mol. The zero-order chi connectivity index (χ0) is 15.6. The van der Waals surface area contributed by atoms with Gasteiger partial charge in [0.1, 0.15) is 0 Å². The van der Waals surface area contributed by atoms with Gasteiger partial charge in [0.25, 0.3) is 0 Å². The van der Waals surface area contributed by atoms with Gasteiger partial charge in [-0.05, 0) is 43.7 Å². The van der Waals surface area contributed by atoms with E-state index >= 15 is 0 Å². The Kier molecular flexibility index (Phi) is 4.13. The quantitative estimate of drug-likeness (QED) is 0.909. The Morgan fingerprint density at radius 2 is 2.35 bits per heavy atom. The van der Waals surface area contributed by atoms with Crippen LogP contribution in [-0.2, 0) is 11.3 Å². The second-order valence-corrected chi connectivity index (χ2v) is 7.29. The van der Waals surface area contributed by atoms with Crippen LogP contribution in [0, 0.1) is 5.92 Å². The summed E-state index contributed by atoms with van der Waals surface area (Å²) in [5, 5.41) is 9.16. The molecule has 1 saturated heterocycles. The number of hydrogen-bond donors (Lipinski definition) is 1. The predicted molar refractivity (Wildman–Crippen MR) is 86.8 cm³/mol. The van der Waals surface area contributed by atoms with E-state index in [2.05, 4.69) is 20.4 Å². The highest BCUT2D eigenvalue weighted by molar-refractivity contribution is 7.13. The van der Waals surface area contributed by atoms with Gasteiger partial charge in [-0.15, -0.1) is 11.3 Å². The first-order valence-electron chi connectivity index (χ1n) is 8.17. The molecule has 2 fully saturated rings. The number of nitrogens with one attached hydrogen (secondary N) is 1. The summed E-state index contributed by atoms with van der Waals surface area (Å²) in [5.41, 5.74) is 0. The maximum Gasteiger partial charge on any atom is 0.241 e. The highest BCUT2D eigenvalue weighted by Crippen LogP contribution is 2.24. The van der Waals surface area contributed by atoms with E-state index in [4.69, 9.17) is 4.52 Å². The molecule has 2 aromatic rings. The number of rotatable bonds is 5. The van der Waals surface area contributed by atoms with Crippen molar-refractivity contribution in [3.8, 4) is 10.7 Å². The summed E-state index contributed by atoms with van der Waals surface area (Å²) >= 11 is 1.60. The largest absolute Gasteiger partial charge is 0.353 e. The van der Waals surface area contributed by atoms with E-state index < -0.39 is 0 Å². The number of nitrogens with zero attached hydrogens (tertiary/aromatic N) is 3. The molecule has 1 aliphatic heterocycles. The van der Waals surface area contributed by atoms with Gasteiger partial charge in [-0.1, -0.05) is 11.2 Å². The molecular formula is C16H20N4O2S. The first kappa shape index (κ1) is 14.8. The summed E-state index contributed by atoms with van der Waals surface area (Å²) < 4.78 is 5.36. The lowest BCUT2D eigenvalue weighted by Crippen LogP contribution is -2.43. The van der Waals surface area contributed by atoms with Crippen molar-refractivity contribution in [2.45, 2.75) is 38.3 Å². The van der Waals surface area contributed by atoms with Crippen LogP contribution in [0.5, 0.6) is 0 Å². The minimum atomic E-state index is 0.0871. The van der Waals surface area contributed by atoms with Crippen LogP contribution in [0.4, 0.5) is 0 Å². The number of hydrogen-bond acceptors (Lipinski definition) is 6. The van der Waals surface area contributed by atoms with E-state index in [9.17, 15) is 4.79 Å². The van der Waals surface area contributed by atoms with Crippen LogP contribution in [0.1, 0.15) is 31.6 Å². The van der Waals surface area contributed by atoms with Crippen molar-refractivity contribution in [2.75, 3.05) is 13.1 Å². The average Bonchev–Trinajstić information content (AvgIpc) is 3.04. The lowest BCUT2D eigenvalue weighted by Gasteiger charge is -2.30. The molecule has 122 valence electrons. The molecule has 1 saturated carbocycles. The lowest BCUT2D eigenvalue weighted by molar-refractivity contribution is -0.127. The van der Waals surface area contributed by atoms with Crippen LogP contribution >= 0.6 is 11.3 Å². The van der Waals surface area contributed by atoms with Gasteiger partial charge in [-0.25, -0.2) is 0 Å². The minimum absolute atomic E-state index is 0.0871. The molecule has 3 heterocycles. The van der Waals surface area contributed by atoms with Crippen LogP contribution in [0.15, 0.2) is 22.0 Å². The Labute approximate surface area is 138 Å². The Morgan fingerprint density at radius 3 is 3.13 bits per heavy atom. The number of carbonyl (C=O) groups is 1. The second kappa shape index (κ2) is 6.41. The Balaban J connectivity index is 1.35. The third kappa shape index (κ3) is 3.61. The molecule has 0 radical (unpaired) electrons. The van der Waals surface area contributed by atoms with Gasteiger partial charge in [0.15, 0.2) is 0 Å². The fourth-order valence-corrected chi connectivity index (χ4v) is 3.63. The molecule has 23 heavy (non-hydrogen) atoms.